The van der Waals surface area contributed by atoms with E-state index in [2.05, 4.69) is 90.0 Å². The number of rotatable bonds is 24. The zero-order valence-electron chi connectivity index (χ0n) is 43.1. The fourth-order valence-electron chi connectivity index (χ4n) is 11.7. The summed E-state index contributed by atoms with van der Waals surface area (Å²) >= 11 is 0. The van der Waals surface area contributed by atoms with Crippen molar-refractivity contribution >= 4 is 5.78 Å². The molecule has 1 spiro atoms. The molecule has 352 valence electrons. The van der Waals surface area contributed by atoms with E-state index < -0.39 is 5.60 Å². The first-order valence-corrected chi connectivity index (χ1v) is 26.5. The Morgan fingerprint density at radius 1 is 0.468 bits per heavy atom. The Morgan fingerprint density at radius 3 is 1.32 bits per heavy atom. The highest BCUT2D eigenvalue weighted by atomic mass is 16.5. The Bertz CT molecular complexity index is 1710. The predicted molar refractivity (Wildman–Crippen MR) is 264 cm³/mol. The van der Waals surface area contributed by atoms with E-state index in [-0.39, 0.29) is 17.0 Å². The lowest BCUT2D eigenvalue weighted by Gasteiger charge is -2.49. The third-order valence-corrected chi connectivity index (χ3v) is 16.6. The summed E-state index contributed by atoms with van der Waals surface area (Å²) in [5.74, 6) is 7.99. The molecule has 7 atom stereocenters. The van der Waals surface area contributed by atoms with Gasteiger partial charge in [0.1, 0.15) is 28.5 Å². The average Bonchev–Trinajstić information content (AvgIpc) is 3.21. The minimum atomic E-state index is -0.980. The Labute approximate surface area is 383 Å². The van der Waals surface area contributed by atoms with Gasteiger partial charge in [-0.1, -0.05) is 145 Å². The normalized spacial score (nSPS) is 25.6. The van der Waals surface area contributed by atoms with Crippen LogP contribution in [0.4, 0.5) is 0 Å². The number of hydrogen-bond donors (Lipinski definition) is 0. The molecule has 0 aromatic heterocycles. The van der Waals surface area contributed by atoms with Crippen LogP contribution in [0.1, 0.15) is 247 Å². The molecule has 3 aliphatic heterocycles. The maximum absolute atomic E-state index is 14.6. The Kier molecular flexibility index (Phi) is 18.3. The molecular formula is C58H96O4. The number of ketones is 1. The number of ether oxygens (including phenoxy) is 3. The van der Waals surface area contributed by atoms with Crippen LogP contribution in [0.5, 0.6) is 11.5 Å². The van der Waals surface area contributed by atoms with Crippen molar-refractivity contribution in [3.63, 3.8) is 0 Å². The lowest BCUT2D eigenvalue weighted by atomic mass is 9.69. The topological polar surface area (TPSA) is 44.8 Å². The van der Waals surface area contributed by atoms with Gasteiger partial charge in [-0.05, 0) is 152 Å². The molecule has 0 saturated heterocycles. The van der Waals surface area contributed by atoms with Crippen molar-refractivity contribution in [3.8, 4) is 11.5 Å². The average molecular weight is 857 g/mol. The summed E-state index contributed by atoms with van der Waals surface area (Å²) in [5.41, 5.74) is 6.46. The first-order chi connectivity index (χ1) is 29.3. The third kappa shape index (κ3) is 12.8. The smallest absolute Gasteiger partial charge is 0.206 e. The van der Waals surface area contributed by atoms with Crippen LogP contribution in [0, 0.1) is 49.4 Å². The minimum Gasteiger partial charge on any atom is -0.487 e. The van der Waals surface area contributed by atoms with Crippen molar-refractivity contribution in [2.24, 2.45) is 35.5 Å². The highest BCUT2D eigenvalue weighted by Crippen LogP contribution is 2.54. The molecule has 0 bridgehead atoms. The van der Waals surface area contributed by atoms with Gasteiger partial charge in [0.2, 0.25) is 5.78 Å². The number of fused-ring (bicyclic) bond motifs is 4. The molecule has 4 nitrogen and oxygen atoms in total. The van der Waals surface area contributed by atoms with Crippen molar-refractivity contribution < 1.29 is 19.0 Å². The van der Waals surface area contributed by atoms with Gasteiger partial charge in [0.15, 0.2) is 5.60 Å². The van der Waals surface area contributed by atoms with Crippen molar-refractivity contribution in [2.75, 3.05) is 0 Å². The van der Waals surface area contributed by atoms with Crippen LogP contribution in [-0.4, -0.2) is 22.6 Å². The molecule has 4 heteroatoms. The number of hydrogen-bond acceptors (Lipinski definition) is 4. The fourth-order valence-corrected chi connectivity index (χ4v) is 11.7. The van der Waals surface area contributed by atoms with Crippen molar-refractivity contribution in [1.29, 1.82) is 0 Å². The number of carbonyl (C=O) groups is 1. The van der Waals surface area contributed by atoms with Gasteiger partial charge in [-0.25, -0.2) is 0 Å². The highest BCUT2D eigenvalue weighted by molar-refractivity contribution is 6.07. The summed E-state index contributed by atoms with van der Waals surface area (Å²) in [5, 5.41) is 0. The lowest BCUT2D eigenvalue weighted by molar-refractivity contribution is -0.131. The second kappa shape index (κ2) is 22.3. The maximum atomic E-state index is 14.6. The second-order valence-electron chi connectivity index (χ2n) is 23.5. The number of Topliss-reactive ketones (excluding diaryl/α,β-unsaturated/α-hetero) is 1. The highest BCUT2D eigenvalue weighted by Gasteiger charge is 2.55. The largest absolute Gasteiger partial charge is 0.487 e. The molecular weight excluding hydrogens is 761 g/mol. The van der Waals surface area contributed by atoms with Crippen LogP contribution in [0.2, 0.25) is 0 Å². The molecule has 4 aliphatic rings. The summed E-state index contributed by atoms with van der Waals surface area (Å²) in [7, 11) is 0. The second-order valence-corrected chi connectivity index (χ2v) is 23.5. The third-order valence-electron chi connectivity index (χ3n) is 16.6. The van der Waals surface area contributed by atoms with Gasteiger partial charge in [0.05, 0.1) is 0 Å². The molecule has 0 N–H and O–H groups in total. The van der Waals surface area contributed by atoms with E-state index >= 15 is 0 Å². The summed E-state index contributed by atoms with van der Waals surface area (Å²) in [6.07, 6.45) is 28.8. The van der Waals surface area contributed by atoms with Gasteiger partial charge in [0, 0.05) is 28.7 Å². The summed E-state index contributed by atoms with van der Waals surface area (Å²) in [4.78, 5) is 14.6. The van der Waals surface area contributed by atoms with Crippen LogP contribution < -0.4 is 9.47 Å². The van der Waals surface area contributed by atoms with Crippen LogP contribution in [0.25, 0.3) is 0 Å². The molecule has 0 amide bonds. The zero-order chi connectivity index (χ0) is 45.4. The van der Waals surface area contributed by atoms with E-state index in [0.717, 1.165) is 120 Å². The quantitative estimate of drug-likeness (QED) is 0.104. The SMILES string of the molecule is CC1=C(C)C2=C(CC[C@](C)(CCC[C@H](C)CCC[C@H](C)CCCC(C)C)O2)C2(CCc3c4c(c(C)c(C)c3O2)O[C@](C)(CCC[C@H](C)CCC[C@H](C)CCCC(C)C)CC4)C1=O. The minimum absolute atomic E-state index is 0.138. The molecule has 5 rings (SSSR count). The molecule has 1 unspecified atom stereocenters. The molecule has 1 aromatic carbocycles. The van der Waals surface area contributed by atoms with E-state index in [0.29, 0.717) is 6.42 Å². The van der Waals surface area contributed by atoms with Gasteiger partial charge in [0.25, 0.3) is 0 Å². The molecule has 3 heterocycles. The first kappa shape index (κ1) is 50.8. The van der Waals surface area contributed by atoms with Crippen molar-refractivity contribution in [1.82, 2.24) is 0 Å². The zero-order valence-corrected chi connectivity index (χ0v) is 43.1. The Morgan fingerprint density at radius 2 is 0.855 bits per heavy atom. The summed E-state index contributed by atoms with van der Waals surface area (Å²) < 4.78 is 21.4. The van der Waals surface area contributed by atoms with E-state index in [1.807, 2.05) is 6.92 Å². The number of carbonyl (C=O) groups excluding carboxylic acids is 1. The van der Waals surface area contributed by atoms with Gasteiger partial charge in [-0.3, -0.25) is 4.79 Å². The van der Waals surface area contributed by atoms with Crippen molar-refractivity contribution in [3.05, 3.63) is 44.7 Å². The first-order valence-electron chi connectivity index (χ1n) is 26.5. The predicted octanol–water partition coefficient (Wildman–Crippen LogP) is 17.1. The van der Waals surface area contributed by atoms with Crippen LogP contribution in [-0.2, 0) is 22.4 Å². The van der Waals surface area contributed by atoms with E-state index in [4.69, 9.17) is 14.2 Å². The number of benzene rings is 1. The van der Waals surface area contributed by atoms with E-state index in [1.165, 1.54) is 119 Å². The van der Waals surface area contributed by atoms with Gasteiger partial charge in [-0.2, -0.15) is 0 Å². The lowest BCUT2D eigenvalue weighted by Crippen LogP contribution is -2.54. The van der Waals surface area contributed by atoms with E-state index in [1.54, 1.807) is 0 Å². The van der Waals surface area contributed by atoms with Gasteiger partial charge >= 0.3 is 0 Å². The monoisotopic (exact) mass is 857 g/mol. The summed E-state index contributed by atoms with van der Waals surface area (Å²) in [6.45, 7) is 32.4. The van der Waals surface area contributed by atoms with Crippen molar-refractivity contribution in [2.45, 2.75) is 268 Å². The van der Waals surface area contributed by atoms with Crippen LogP contribution in [0.15, 0.2) is 22.5 Å². The molecule has 0 fully saturated rings. The fraction of sp³-hybridized carbons (Fsp3) is 0.810. The van der Waals surface area contributed by atoms with Gasteiger partial charge in [-0.15, -0.1) is 0 Å². The molecule has 1 aromatic rings. The summed E-state index contributed by atoms with van der Waals surface area (Å²) in [6, 6.07) is 0. The Balaban J connectivity index is 1.18. The standard InChI is InChI=1S/C58H96O4/c1-39(2)21-15-23-41(5)25-17-27-43(7)29-19-34-56(13)36-31-49-50-32-38-58(62-53(50)46(10)45(9)52(49)60-56)51-33-37-57(14,61-54(51)47(11)48(12)55(58)59)35-20-30-44(8)28-18-26-42(6)24-16-22-40(3)4/h39-44H,15-38H2,1-14H3/t41-,42-,43-,44-,56-,57+,58?/m1/s1. The molecule has 62 heavy (non-hydrogen) atoms. The molecule has 1 aliphatic carbocycles. The van der Waals surface area contributed by atoms with E-state index in [9.17, 15) is 4.79 Å². The Hall–Kier alpha value is -2.23. The van der Waals surface area contributed by atoms with Crippen LogP contribution in [0.3, 0.4) is 0 Å². The van der Waals surface area contributed by atoms with Gasteiger partial charge < -0.3 is 14.2 Å². The van der Waals surface area contributed by atoms with Crippen LogP contribution >= 0.6 is 0 Å². The number of allylic oxidation sites excluding steroid dienone is 1. The maximum Gasteiger partial charge on any atom is 0.206 e. The molecule has 0 radical (unpaired) electrons. The molecule has 0 saturated carbocycles.